The predicted molar refractivity (Wildman–Crippen MR) is 146 cm³/mol. The molecule has 3 rings (SSSR count). The van der Waals surface area contributed by atoms with E-state index in [9.17, 15) is 14.4 Å². The van der Waals surface area contributed by atoms with E-state index in [2.05, 4.69) is 10.2 Å². The fourth-order valence-corrected chi connectivity index (χ4v) is 5.46. The molecule has 0 radical (unpaired) electrons. The predicted octanol–water partition coefficient (Wildman–Crippen LogP) is 5.66. The zero-order valence-corrected chi connectivity index (χ0v) is 23.6. The zero-order chi connectivity index (χ0) is 27.5. The number of esters is 2. The van der Waals surface area contributed by atoms with E-state index in [0.29, 0.717) is 44.7 Å². The van der Waals surface area contributed by atoms with Crippen LogP contribution in [0.2, 0.25) is 0 Å². The van der Waals surface area contributed by atoms with Gasteiger partial charge in [-0.1, -0.05) is 40.2 Å². The number of carbonyl (C=O) groups excluding carboxylic acids is 3. The summed E-state index contributed by atoms with van der Waals surface area (Å²) in [6.07, 6.45) is 8.52. The summed E-state index contributed by atoms with van der Waals surface area (Å²) in [7, 11) is 0. The Bertz CT molecular complexity index is 927. The van der Waals surface area contributed by atoms with E-state index in [0.717, 1.165) is 31.5 Å². The van der Waals surface area contributed by atoms with Crippen LogP contribution in [0.4, 0.5) is 4.79 Å². The second-order valence-electron chi connectivity index (χ2n) is 10.6. The van der Waals surface area contributed by atoms with E-state index in [-0.39, 0.29) is 41.4 Å². The number of nitrogens with zero attached hydrogens (tertiary/aromatic N) is 1. The van der Waals surface area contributed by atoms with Gasteiger partial charge in [-0.15, -0.1) is 0 Å². The highest BCUT2D eigenvalue weighted by Crippen LogP contribution is 2.31. The largest absolute Gasteiger partial charge is 0.445 e. The average Bonchev–Trinajstić information content (AvgIpc) is 2.91. The van der Waals surface area contributed by atoms with Gasteiger partial charge >= 0.3 is 18.0 Å². The van der Waals surface area contributed by atoms with Crippen LogP contribution in [0.3, 0.4) is 0 Å². The fraction of sp³-hybridized carbons (Fsp3) is 0.700. The van der Waals surface area contributed by atoms with Gasteiger partial charge in [0.15, 0.2) is 11.5 Å². The van der Waals surface area contributed by atoms with Gasteiger partial charge in [0.1, 0.15) is 6.10 Å². The van der Waals surface area contributed by atoms with Gasteiger partial charge in [-0.25, -0.2) is 4.79 Å². The minimum absolute atomic E-state index is 0.0653. The first kappa shape index (κ1) is 29.9. The first-order valence-electron chi connectivity index (χ1n) is 14.6. The maximum absolute atomic E-state index is 12.7. The van der Waals surface area contributed by atoms with Crippen LogP contribution in [-0.4, -0.2) is 54.7 Å². The highest BCUT2D eigenvalue weighted by molar-refractivity contribution is 5.78. The molecule has 0 aromatic heterocycles. The van der Waals surface area contributed by atoms with Crippen molar-refractivity contribution in [3.05, 3.63) is 23.8 Å². The zero-order valence-electron chi connectivity index (χ0n) is 23.6. The molecule has 38 heavy (non-hydrogen) atoms. The number of carbonyl (C=O) groups is 3. The lowest BCUT2D eigenvalue weighted by Crippen LogP contribution is -2.49. The molecule has 1 aromatic carbocycles. The van der Waals surface area contributed by atoms with Crippen LogP contribution in [0.25, 0.3) is 0 Å². The molecular weight excluding hydrogens is 484 g/mol. The van der Waals surface area contributed by atoms with Crippen LogP contribution in [0, 0.1) is 11.8 Å². The molecule has 2 unspecified atom stereocenters. The third-order valence-corrected chi connectivity index (χ3v) is 8.03. The van der Waals surface area contributed by atoms with Crippen molar-refractivity contribution in [1.29, 1.82) is 0 Å². The Balaban J connectivity index is 1.58. The lowest BCUT2D eigenvalue weighted by molar-refractivity contribution is -0.142. The summed E-state index contributed by atoms with van der Waals surface area (Å²) >= 11 is 0. The maximum Gasteiger partial charge on any atom is 0.407 e. The van der Waals surface area contributed by atoms with Crippen molar-refractivity contribution in [3.8, 4) is 11.5 Å². The number of amides is 1. The number of benzene rings is 1. The van der Waals surface area contributed by atoms with Gasteiger partial charge in [-0.3, -0.25) is 14.5 Å². The smallest absolute Gasteiger partial charge is 0.407 e. The molecule has 8 heteroatoms. The Kier molecular flexibility index (Phi) is 11.9. The first-order valence-corrected chi connectivity index (χ1v) is 14.6. The highest BCUT2D eigenvalue weighted by Gasteiger charge is 2.31. The summed E-state index contributed by atoms with van der Waals surface area (Å²) in [5.74, 6) is -0.622. The summed E-state index contributed by atoms with van der Waals surface area (Å²) in [5.41, 5.74) is 0.855. The molecule has 0 aliphatic carbocycles. The van der Waals surface area contributed by atoms with Gasteiger partial charge in [0.05, 0.1) is 11.8 Å². The summed E-state index contributed by atoms with van der Waals surface area (Å²) < 4.78 is 17.1. The van der Waals surface area contributed by atoms with Crippen LogP contribution >= 0.6 is 0 Å². The van der Waals surface area contributed by atoms with Crippen molar-refractivity contribution in [2.24, 2.45) is 11.8 Å². The molecule has 2 aliphatic heterocycles. The van der Waals surface area contributed by atoms with Crippen molar-refractivity contribution in [3.63, 3.8) is 0 Å². The molecule has 2 atom stereocenters. The molecule has 0 spiro atoms. The number of hydrogen-bond donors (Lipinski definition) is 1. The highest BCUT2D eigenvalue weighted by atomic mass is 16.6. The topological polar surface area (TPSA) is 94.2 Å². The maximum atomic E-state index is 12.7. The fourth-order valence-electron chi connectivity index (χ4n) is 5.46. The van der Waals surface area contributed by atoms with Crippen LogP contribution in [0.1, 0.15) is 91.0 Å². The quantitative estimate of drug-likeness (QED) is 0.275. The Labute approximate surface area is 227 Å². The standard InChI is InChI=1S/C30H46N2O6/c1-5-22(6-2)28(33)37-26-15-12-21(19-27(26)38-29(34)23(7-3)8-4)16-17-31-30(35)36-25-14-13-24-11-9-10-18-32(24)20-25/h12,15,19,22-25H,5-11,13-14,16-18,20H2,1-4H3,(H,31,35). The molecule has 2 aliphatic rings. The molecule has 1 N–H and O–H groups in total. The number of alkyl carbamates (subject to hydrolysis) is 1. The van der Waals surface area contributed by atoms with E-state index in [4.69, 9.17) is 14.2 Å². The van der Waals surface area contributed by atoms with E-state index < -0.39 is 6.09 Å². The lowest BCUT2D eigenvalue weighted by Gasteiger charge is -2.42. The minimum Gasteiger partial charge on any atom is -0.445 e. The van der Waals surface area contributed by atoms with Gasteiger partial charge in [0.25, 0.3) is 0 Å². The molecular formula is C30H46N2O6. The monoisotopic (exact) mass is 530 g/mol. The van der Waals surface area contributed by atoms with Gasteiger partial charge in [0, 0.05) is 19.1 Å². The number of nitrogens with one attached hydrogen (secondary N) is 1. The van der Waals surface area contributed by atoms with Crippen molar-refractivity contribution in [2.75, 3.05) is 19.6 Å². The van der Waals surface area contributed by atoms with Gasteiger partial charge < -0.3 is 19.5 Å². The SMILES string of the molecule is CCC(CC)C(=O)Oc1ccc(CCNC(=O)OC2CCC3CCCCN3C2)cc1OC(=O)C(CC)CC. The Morgan fingerprint density at radius 1 is 0.895 bits per heavy atom. The second kappa shape index (κ2) is 15.1. The van der Waals surface area contributed by atoms with Crippen molar-refractivity contribution >= 4 is 18.0 Å². The molecule has 1 amide bonds. The summed E-state index contributed by atoms with van der Waals surface area (Å²) in [6.45, 7) is 10.1. The number of fused-ring (bicyclic) bond motifs is 1. The molecule has 8 nitrogen and oxygen atoms in total. The molecule has 2 fully saturated rings. The number of piperidine rings is 2. The summed E-state index contributed by atoms with van der Waals surface area (Å²) in [5, 5.41) is 2.85. The summed E-state index contributed by atoms with van der Waals surface area (Å²) in [6, 6.07) is 5.87. The number of ether oxygens (including phenoxy) is 3. The molecule has 2 saturated heterocycles. The Hall–Kier alpha value is -2.61. The third-order valence-electron chi connectivity index (χ3n) is 8.03. The minimum atomic E-state index is -0.401. The lowest BCUT2D eigenvalue weighted by atomic mass is 9.92. The summed E-state index contributed by atoms with van der Waals surface area (Å²) in [4.78, 5) is 40.2. The van der Waals surface area contributed by atoms with Crippen LogP contribution in [-0.2, 0) is 20.7 Å². The van der Waals surface area contributed by atoms with E-state index >= 15 is 0 Å². The van der Waals surface area contributed by atoms with E-state index in [1.165, 1.54) is 19.3 Å². The average molecular weight is 531 g/mol. The van der Waals surface area contributed by atoms with E-state index in [1.54, 1.807) is 12.1 Å². The van der Waals surface area contributed by atoms with Crippen LogP contribution in [0.15, 0.2) is 18.2 Å². The molecule has 1 aromatic rings. The molecule has 212 valence electrons. The second-order valence-corrected chi connectivity index (χ2v) is 10.6. The third kappa shape index (κ3) is 8.45. The normalized spacial score (nSPS) is 19.6. The van der Waals surface area contributed by atoms with Crippen molar-refractivity contribution in [1.82, 2.24) is 10.2 Å². The molecule has 0 bridgehead atoms. The van der Waals surface area contributed by atoms with Gasteiger partial charge in [-0.05, 0) is 82.0 Å². The van der Waals surface area contributed by atoms with Crippen LogP contribution < -0.4 is 14.8 Å². The molecule has 2 heterocycles. The van der Waals surface area contributed by atoms with Gasteiger partial charge in [0.2, 0.25) is 0 Å². The van der Waals surface area contributed by atoms with E-state index in [1.807, 2.05) is 33.8 Å². The Morgan fingerprint density at radius 2 is 1.55 bits per heavy atom. The Morgan fingerprint density at radius 3 is 2.21 bits per heavy atom. The molecule has 0 saturated carbocycles. The first-order chi connectivity index (χ1) is 18.4. The van der Waals surface area contributed by atoms with Gasteiger partial charge in [-0.2, -0.15) is 0 Å². The van der Waals surface area contributed by atoms with Crippen molar-refractivity contribution in [2.45, 2.75) is 104 Å². The van der Waals surface area contributed by atoms with Crippen molar-refractivity contribution < 1.29 is 28.6 Å². The van der Waals surface area contributed by atoms with Crippen LogP contribution in [0.5, 0.6) is 11.5 Å². The number of hydrogen-bond acceptors (Lipinski definition) is 7. The number of rotatable bonds is 12.